The van der Waals surface area contributed by atoms with E-state index < -0.39 is 0 Å². The van der Waals surface area contributed by atoms with Crippen LogP contribution in [0.4, 0.5) is 5.82 Å². The fraction of sp³-hybridized carbons (Fsp3) is 0.286. The average Bonchev–Trinajstić information content (AvgIpc) is 2.42. The van der Waals surface area contributed by atoms with Crippen molar-refractivity contribution in [2.24, 2.45) is 5.73 Å². The molecule has 2 aromatic rings. The lowest BCUT2D eigenvalue weighted by Gasteiger charge is -2.21. The summed E-state index contributed by atoms with van der Waals surface area (Å²) in [5.41, 5.74) is 9.53. The number of nitrogens with zero attached hydrogens (tertiary/aromatic N) is 4. The van der Waals surface area contributed by atoms with Crippen molar-refractivity contribution in [1.82, 2.24) is 15.2 Å². The molecule has 104 valence electrons. The second-order valence-corrected chi connectivity index (χ2v) is 5.13. The molecular formula is C14H17N5S. The minimum absolute atomic E-state index is 0.341. The van der Waals surface area contributed by atoms with Gasteiger partial charge < -0.3 is 10.6 Å². The van der Waals surface area contributed by atoms with Crippen molar-refractivity contribution < 1.29 is 0 Å². The molecule has 2 N–H and O–H groups in total. The fourth-order valence-corrected chi connectivity index (χ4v) is 2.24. The minimum Gasteiger partial charge on any atom is -0.389 e. The van der Waals surface area contributed by atoms with Crippen LogP contribution in [-0.4, -0.2) is 27.2 Å². The number of hydrogen-bond acceptors (Lipinski definition) is 5. The van der Waals surface area contributed by atoms with E-state index in [0.717, 1.165) is 22.4 Å². The molecule has 5 nitrogen and oxygen atoms in total. The molecule has 0 aliphatic rings. The largest absolute Gasteiger partial charge is 0.389 e. The van der Waals surface area contributed by atoms with Gasteiger partial charge in [0.1, 0.15) is 4.99 Å². The number of anilines is 1. The smallest absolute Gasteiger partial charge is 0.161 e. The first-order valence-electron chi connectivity index (χ1n) is 6.24. The zero-order valence-electron chi connectivity index (χ0n) is 11.8. The van der Waals surface area contributed by atoms with Gasteiger partial charge in [0.2, 0.25) is 0 Å². The van der Waals surface area contributed by atoms with E-state index in [4.69, 9.17) is 18.0 Å². The first kappa shape index (κ1) is 14.3. The van der Waals surface area contributed by atoms with Crippen LogP contribution in [-0.2, 0) is 6.54 Å². The standard InChI is InChI=1S/C14H17N5S/c1-9-10(2)17-18-14(12(9)13(15)20)19(3)8-11-5-4-6-16-7-11/h4-7H,8H2,1-3H3,(H2,15,20). The first-order valence-corrected chi connectivity index (χ1v) is 6.65. The predicted octanol–water partition coefficient (Wildman–Crippen LogP) is 1.76. The normalized spacial score (nSPS) is 10.3. The zero-order chi connectivity index (χ0) is 14.7. The Balaban J connectivity index is 2.37. The lowest BCUT2D eigenvalue weighted by Crippen LogP contribution is -2.25. The molecule has 6 heteroatoms. The summed E-state index contributed by atoms with van der Waals surface area (Å²) in [6, 6.07) is 3.92. The molecule has 0 fully saturated rings. The van der Waals surface area contributed by atoms with Crippen molar-refractivity contribution in [3.63, 3.8) is 0 Å². The van der Waals surface area contributed by atoms with Crippen molar-refractivity contribution >= 4 is 23.0 Å². The van der Waals surface area contributed by atoms with Gasteiger partial charge in [-0.1, -0.05) is 18.3 Å². The molecule has 0 aliphatic heterocycles. The highest BCUT2D eigenvalue weighted by Crippen LogP contribution is 2.22. The Morgan fingerprint density at radius 2 is 2.10 bits per heavy atom. The van der Waals surface area contributed by atoms with Crippen molar-refractivity contribution in [1.29, 1.82) is 0 Å². The van der Waals surface area contributed by atoms with E-state index in [9.17, 15) is 0 Å². The maximum atomic E-state index is 5.84. The lowest BCUT2D eigenvalue weighted by molar-refractivity contribution is 0.845. The van der Waals surface area contributed by atoms with E-state index in [1.54, 1.807) is 6.20 Å². The molecule has 20 heavy (non-hydrogen) atoms. The molecule has 2 rings (SSSR count). The van der Waals surface area contributed by atoms with Crippen LogP contribution in [0.2, 0.25) is 0 Å². The van der Waals surface area contributed by atoms with Gasteiger partial charge in [0.15, 0.2) is 5.82 Å². The lowest BCUT2D eigenvalue weighted by atomic mass is 10.1. The van der Waals surface area contributed by atoms with Gasteiger partial charge in [-0.3, -0.25) is 4.98 Å². The van der Waals surface area contributed by atoms with Crippen LogP contribution in [0.1, 0.15) is 22.4 Å². The van der Waals surface area contributed by atoms with Crippen molar-refractivity contribution in [3.05, 3.63) is 46.9 Å². The van der Waals surface area contributed by atoms with Gasteiger partial charge in [-0.15, -0.1) is 5.10 Å². The van der Waals surface area contributed by atoms with Gasteiger partial charge in [0.25, 0.3) is 0 Å². The summed E-state index contributed by atoms with van der Waals surface area (Å²) in [6.07, 6.45) is 3.57. The SMILES string of the molecule is Cc1nnc(N(C)Cc2cccnc2)c(C(N)=S)c1C. The predicted molar refractivity (Wildman–Crippen MR) is 83.7 cm³/mol. The van der Waals surface area contributed by atoms with Crippen LogP contribution in [0.3, 0.4) is 0 Å². The van der Waals surface area contributed by atoms with Gasteiger partial charge in [0.05, 0.1) is 11.3 Å². The van der Waals surface area contributed by atoms with E-state index in [1.807, 2.05) is 44.1 Å². The molecule has 0 bridgehead atoms. The molecular weight excluding hydrogens is 270 g/mol. The molecule has 0 atom stereocenters. The van der Waals surface area contributed by atoms with Gasteiger partial charge in [-0.05, 0) is 31.0 Å². The fourth-order valence-electron chi connectivity index (χ4n) is 2.00. The van der Waals surface area contributed by atoms with Crippen molar-refractivity contribution in [2.75, 3.05) is 11.9 Å². The molecule has 0 spiro atoms. The Bertz CT molecular complexity index is 627. The Morgan fingerprint density at radius 3 is 2.70 bits per heavy atom. The van der Waals surface area contributed by atoms with E-state index in [2.05, 4.69) is 15.2 Å². The van der Waals surface area contributed by atoms with Gasteiger partial charge in [-0.25, -0.2) is 0 Å². The number of aryl methyl sites for hydroxylation is 1. The third kappa shape index (κ3) is 2.91. The Morgan fingerprint density at radius 1 is 1.35 bits per heavy atom. The summed E-state index contributed by atoms with van der Waals surface area (Å²) in [5, 5.41) is 8.41. The highest BCUT2D eigenvalue weighted by molar-refractivity contribution is 7.80. The number of pyridine rings is 1. The molecule has 0 aromatic carbocycles. The second kappa shape index (κ2) is 5.92. The molecule has 2 aromatic heterocycles. The monoisotopic (exact) mass is 287 g/mol. The highest BCUT2D eigenvalue weighted by atomic mass is 32.1. The summed E-state index contributed by atoms with van der Waals surface area (Å²) >= 11 is 5.15. The van der Waals surface area contributed by atoms with Crippen molar-refractivity contribution in [2.45, 2.75) is 20.4 Å². The number of hydrogen-bond donors (Lipinski definition) is 1. The van der Waals surface area contributed by atoms with Crippen LogP contribution in [0.5, 0.6) is 0 Å². The van der Waals surface area contributed by atoms with Crippen LogP contribution < -0.4 is 10.6 Å². The molecule has 0 saturated carbocycles. The summed E-state index contributed by atoms with van der Waals surface area (Å²) in [6.45, 7) is 4.52. The minimum atomic E-state index is 0.341. The average molecular weight is 287 g/mol. The van der Waals surface area contributed by atoms with Crippen molar-refractivity contribution in [3.8, 4) is 0 Å². The summed E-state index contributed by atoms with van der Waals surface area (Å²) < 4.78 is 0. The Hall–Kier alpha value is -2.08. The molecule has 0 aliphatic carbocycles. The van der Waals surface area contributed by atoms with E-state index in [-0.39, 0.29) is 0 Å². The zero-order valence-corrected chi connectivity index (χ0v) is 12.6. The molecule has 0 saturated heterocycles. The number of aromatic nitrogens is 3. The summed E-state index contributed by atoms with van der Waals surface area (Å²) in [4.78, 5) is 6.43. The number of thiocarbonyl (C=S) groups is 1. The van der Waals surface area contributed by atoms with E-state index in [1.165, 1.54) is 0 Å². The van der Waals surface area contributed by atoms with Gasteiger partial charge in [0, 0.05) is 26.0 Å². The van der Waals surface area contributed by atoms with Crippen LogP contribution in [0.15, 0.2) is 24.5 Å². The number of rotatable bonds is 4. The third-order valence-corrected chi connectivity index (χ3v) is 3.39. The topological polar surface area (TPSA) is 67.9 Å². The Kier molecular flexibility index (Phi) is 4.24. The molecule has 2 heterocycles. The second-order valence-electron chi connectivity index (χ2n) is 4.69. The summed E-state index contributed by atoms with van der Waals surface area (Å²) in [5.74, 6) is 0.699. The Labute approximate surface area is 123 Å². The molecule has 0 unspecified atom stereocenters. The highest BCUT2D eigenvalue weighted by Gasteiger charge is 2.17. The van der Waals surface area contributed by atoms with Gasteiger partial charge in [-0.2, -0.15) is 5.10 Å². The van der Waals surface area contributed by atoms with Gasteiger partial charge >= 0.3 is 0 Å². The van der Waals surface area contributed by atoms with Crippen LogP contribution >= 0.6 is 12.2 Å². The maximum absolute atomic E-state index is 5.84. The quantitative estimate of drug-likeness (QED) is 0.864. The summed E-state index contributed by atoms with van der Waals surface area (Å²) in [7, 11) is 1.94. The first-order chi connectivity index (χ1) is 9.50. The third-order valence-electron chi connectivity index (χ3n) is 3.19. The van der Waals surface area contributed by atoms with Crippen LogP contribution in [0, 0.1) is 13.8 Å². The van der Waals surface area contributed by atoms with E-state index in [0.29, 0.717) is 17.4 Å². The maximum Gasteiger partial charge on any atom is 0.161 e. The van der Waals surface area contributed by atoms with Crippen LogP contribution in [0.25, 0.3) is 0 Å². The number of nitrogens with two attached hydrogens (primary N) is 1. The van der Waals surface area contributed by atoms with E-state index >= 15 is 0 Å². The molecule has 0 amide bonds. The molecule has 0 radical (unpaired) electrons.